The molecular formula is C20H25ClN3O8P. The van der Waals surface area contributed by atoms with Crippen molar-refractivity contribution >= 4 is 25.3 Å². The van der Waals surface area contributed by atoms with Gasteiger partial charge in [0, 0.05) is 16.8 Å². The number of aryl methyl sites for hydroxylation is 1. The van der Waals surface area contributed by atoms with Gasteiger partial charge < -0.3 is 14.0 Å². The first-order valence-corrected chi connectivity index (χ1v) is 12.0. The number of nitrogens with zero attached hydrogens (tertiary/aromatic N) is 1. The molecule has 11 nitrogen and oxygen atoms in total. The SMILES string of the molecule is COC(=O)[C@H](C)NP(=O)(OC[C@@H]1CC[C@H](n2cc(C)c(=O)[nH]c2=O)O1)Oc1ccc(Cl)cc1. The summed E-state index contributed by atoms with van der Waals surface area (Å²) < 4.78 is 36.3. The molecule has 0 spiro atoms. The Bertz CT molecular complexity index is 1150. The number of methoxy groups -OCH3 is 1. The lowest BCUT2D eigenvalue weighted by atomic mass is 10.2. The van der Waals surface area contributed by atoms with Gasteiger partial charge >= 0.3 is 19.4 Å². The van der Waals surface area contributed by atoms with E-state index in [0.29, 0.717) is 23.4 Å². The van der Waals surface area contributed by atoms with Gasteiger partial charge in [-0.3, -0.25) is 23.7 Å². The molecule has 0 aliphatic carbocycles. The molecule has 2 N–H and O–H groups in total. The summed E-state index contributed by atoms with van der Waals surface area (Å²) in [6, 6.07) is 5.15. The van der Waals surface area contributed by atoms with Crippen LogP contribution in [0.2, 0.25) is 5.02 Å². The number of carbonyl (C=O) groups excluding carboxylic acids is 1. The molecule has 4 atom stereocenters. The third kappa shape index (κ3) is 6.55. The van der Waals surface area contributed by atoms with Crippen molar-refractivity contribution in [3.63, 3.8) is 0 Å². The highest BCUT2D eigenvalue weighted by atomic mass is 35.5. The summed E-state index contributed by atoms with van der Waals surface area (Å²) in [6.45, 7) is 2.91. The largest absolute Gasteiger partial charge is 0.468 e. The molecule has 1 aromatic carbocycles. The minimum atomic E-state index is -4.04. The molecular weight excluding hydrogens is 477 g/mol. The van der Waals surface area contributed by atoms with E-state index in [9.17, 15) is 18.9 Å². The van der Waals surface area contributed by atoms with Crippen LogP contribution in [0, 0.1) is 6.92 Å². The van der Waals surface area contributed by atoms with E-state index in [4.69, 9.17) is 25.4 Å². The maximum Gasteiger partial charge on any atom is 0.459 e. The highest BCUT2D eigenvalue weighted by Gasteiger charge is 2.35. The Labute approximate surface area is 194 Å². The van der Waals surface area contributed by atoms with Crippen LogP contribution in [0.3, 0.4) is 0 Å². The average molecular weight is 502 g/mol. The van der Waals surface area contributed by atoms with Crippen LogP contribution in [0.5, 0.6) is 5.75 Å². The normalized spacial score (nSPS) is 20.7. The van der Waals surface area contributed by atoms with E-state index in [1.54, 1.807) is 19.1 Å². The predicted molar refractivity (Wildman–Crippen MR) is 119 cm³/mol. The van der Waals surface area contributed by atoms with Crippen molar-refractivity contribution in [3.8, 4) is 5.75 Å². The zero-order chi connectivity index (χ0) is 24.2. The number of hydrogen-bond acceptors (Lipinski definition) is 8. The first kappa shape index (κ1) is 25.2. The number of aromatic amines is 1. The van der Waals surface area contributed by atoms with Crippen LogP contribution < -0.4 is 20.9 Å². The Morgan fingerprint density at radius 1 is 1.33 bits per heavy atom. The molecule has 180 valence electrons. The lowest BCUT2D eigenvalue weighted by molar-refractivity contribution is -0.142. The molecule has 1 aliphatic heterocycles. The monoisotopic (exact) mass is 501 g/mol. The first-order valence-electron chi connectivity index (χ1n) is 10.1. The molecule has 33 heavy (non-hydrogen) atoms. The number of carbonyl (C=O) groups is 1. The topological polar surface area (TPSA) is 138 Å². The van der Waals surface area contributed by atoms with E-state index in [0.717, 1.165) is 0 Å². The van der Waals surface area contributed by atoms with E-state index >= 15 is 0 Å². The summed E-state index contributed by atoms with van der Waals surface area (Å²) in [5.74, 6) is -0.434. The van der Waals surface area contributed by atoms with Crippen molar-refractivity contribution in [2.24, 2.45) is 0 Å². The molecule has 0 amide bonds. The first-order chi connectivity index (χ1) is 15.6. The maximum absolute atomic E-state index is 13.4. The lowest BCUT2D eigenvalue weighted by Crippen LogP contribution is -2.35. The number of H-pyrrole nitrogens is 1. The summed E-state index contributed by atoms with van der Waals surface area (Å²) in [6.07, 6.45) is 1.30. The number of halogens is 1. The highest BCUT2D eigenvalue weighted by Crippen LogP contribution is 2.46. The molecule has 2 heterocycles. The molecule has 1 aliphatic rings. The van der Waals surface area contributed by atoms with Gasteiger partial charge in [0.25, 0.3) is 5.56 Å². The molecule has 0 saturated carbocycles. The summed E-state index contributed by atoms with van der Waals surface area (Å²) >= 11 is 5.88. The Hall–Kier alpha value is -2.43. The summed E-state index contributed by atoms with van der Waals surface area (Å²) in [5, 5.41) is 3.01. The Morgan fingerprint density at radius 3 is 2.70 bits per heavy atom. The molecule has 1 fully saturated rings. The Morgan fingerprint density at radius 2 is 2.03 bits per heavy atom. The lowest BCUT2D eigenvalue weighted by Gasteiger charge is -2.24. The van der Waals surface area contributed by atoms with Gasteiger partial charge in [0.15, 0.2) is 0 Å². The van der Waals surface area contributed by atoms with Crippen LogP contribution >= 0.6 is 19.3 Å². The van der Waals surface area contributed by atoms with Gasteiger partial charge in [0.05, 0.1) is 19.8 Å². The zero-order valence-electron chi connectivity index (χ0n) is 18.3. The third-order valence-electron chi connectivity index (χ3n) is 4.92. The van der Waals surface area contributed by atoms with E-state index in [1.165, 1.54) is 36.9 Å². The van der Waals surface area contributed by atoms with E-state index < -0.39 is 43.3 Å². The second-order valence-corrected chi connectivity index (χ2v) is 9.61. The standard InChI is InChI=1S/C20H25ClN3O8P/c1-12-10-24(20(27)22-18(12)25)17-9-8-16(31-17)11-30-33(28,23-13(2)19(26)29-3)32-15-6-4-14(21)5-7-15/h4-7,10,13,16-17H,8-9,11H2,1-3H3,(H,23,28)(H,22,25,27)/t13-,16-,17+,33?/m0/s1. The van der Waals surface area contributed by atoms with Gasteiger partial charge in [-0.2, -0.15) is 5.09 Å². The zero-order valence-corrected chi connectivity index (χ0v) is 19.9. The number of aromatic nitrogens is 2. The summed E-state index contributed by atoms with van der Waals surface area (Å²) in [5.41, 5.74) is -0.664. The minimum absolute atomic E-state index is 0.140. The van der Waals surface area contributed by atoms with Gasteiger partial charge in [-0.1, -0.05) is 11.6 Å². The fraction of sp³-hybridized carbons (Fsp3) is 0.450. The summed E-state index contributed by atoms with van der Waals surface area (Å²) in [4.78, 5) is 37.8. The van der Waals surface area contributed by atoms with Crippen LogP contribution in [0.15, 0.2) is 40.1 Å². The molecule has 1 saturated heterocycles. The van der Waals surface area contributed by atoms with E-state index in [1.807, 2.05) is 0 Å². The number of rotatable bonds is 9. The van der Waals surface area contributed by atoms with Crippen molar-refractivity contribution in [3.05, 3.63) is 61.9 Å². The van der Waals surface area contributed by atoms with Crippen LogP contribution in [0.25, 0.3) is 0 Å². The molecule has 1 aromatic heterocycles. The van der Waals surface area contributed by atoms with Crippen LogP contribution in [-0.4, -0.2) is 41.4 Å². The molecule has 0 bridgehead atoms. The maximum atomic E-state index is 13.4. The van der Waals surface area contributed by atoms with Gasteiger partial charge in [0.2, 0.25) is 0 Å². The van der Waals surface area contributed by atoms with Crippen molar-refractivity contribution in [2.75, 3.05) is 13.7 Å². The van der Waals surface area contributed by atoms with Gasteiger partial charge in [-0.25, -0.2) is 9.36 Å². The predicted octanol–water partition coefficient (Wildman–Crippen LogP) is 2.53. The molecule has 13 heteroatoms. The van der Waals surface area contributed by atoms with Crippen LogP contribution in [-0.2, 0) is 23.4 Å². The third-order valence-corrected chi connectivity index (χ3v) is 6.81. The molecule has 3 rings (SSSR count). The molecule has 2 aromatic rings. The second kappa shape index (κ2) is 10.7. The Balaban J connectivity index is 1.70. The Kier molecular flexibility index (Phi) is 8.14. The number of benzene rings is 1. The number of ether oxygens (including phenoxy) is 2. The number of nitrogens with one attached hydrogen (secondary N) is 2. The van der Waals surface area contributed by atoms with Crippen LogP contribution in [0.1, 0.15) is 31.6 Å². The number of hydrogen-bond donors (Lipinski definition) is 2. The highest BCUT2D eigenvalue weighted by molar-refractivity contribution is 7.52. The second-order valence-electron chi connectivity index (χ2n) is 7.48. The van der Waals surface area contributed by atoms with Crippen molar-refractivity contribution in [2.45, 2.75) is 45.1 Å². The van der Waals surface area contributed by atoms with Crippen molar-refractivity contribution in [1.82, 2.24) is 14.6 Å². The molecule has 0 radical (unpaired) electrons. The smallest absolute Gasteiger partial charge is 0.459 e. The van der Waals surface area contributed by atoms with Gasteiger partial charge in [-0.05, 0) is 51.0 Å². The fourth-order valence-electron chi connectivity index (χ4n) is 3.19. The quantitative estimate of drug-likeness (QED) is 0.392. The number of esters is 1. The van der Waals surface area contributed by atoms with E-state index in [2.05, 4.69) is 14.8 Å². The average Bonchev–Trinajstić information content (AvgIpc) is 3.25. The van der Waals surface area contributed by atoms with Gasteiger partial charge in [0.1, 0.15) is 18.0 Å². The summed E-state index contributed by atoms with van der Waals surface area (Å²) in [7, 11) is -2.83. The fourth-order valence-corrected chi connectivity index (χ4v) is 4.83. The minimum Gasteiger partial charge on any atom is -0.468 e. The van der Waals surface area contributed by atoms with E-state index in [-0.39, 0.29) is 12.4 Å². The molecule has 1 unspecified atom stereocenters. The van der Waals surface area contributed by atoms with Crippen molar-refractivity contribution < 1.29 is 27.9 Å². The van der Waals surface area contributed by atoms with Crippen LogP contribution in [0.4, 0.5) is 0 Å². The van der Waals surface area contributed by atoms with Crippen molar-refractivity contribution in [1.29, 1.82) is 0 Å². The van der Waals surface area contributed by atoms with Gasteiger partial charge in [-0.15, -0.1) is 0 Å².